The van der Waals surface area contributed by atoms with Crippen LogP contribution in [0.15, 0.2) is 24.5 Å². The molecule has 2 heterocycles. The molecule has 0 aliphatic carbocycles. The van der Waals surface area contributed by atoms with Crippen LogP contribution in [0.3, 0.4) is 0 Å². The number of rotatable bonds is 10. The molecule has 21 heavy (non-hydrogen) atoms. The fourth-order valence-corrected chi connectivity index (χ4v) is 3.01. The molecule has 0 amide bonds. The minimum absolute atomic E-state index is 0.741. The van der Waals surface area contributed by atoms with Crippen LogP contribution in [-0.4, -0.2) is 41.3 Å². The predicted octanol–water partition coefficient (Wildman–Crippen LogP) is 2.92. The summed E-state index contributed by atoms with van der Waals surface area (Å²) in [6.07, 6.45) is 5.31. The first-order chi connectivity index (χ1) is 10.4. The van der Waals surface area contributed by atoms with Crippen molar-refractivity contribution in [3.63, 3.8) is 0 Å². The number of thioether (sulfide) groups is 1. The van der Waals surface area contributed by atoms with Crippen LogP contribution in [0, 0.1) is 0 Å². The smallest absolute Gasteiger partial charge is 0.140 e. The number of aryl methyl sites for hydroxylation is 1. The highest BCUT2D eigenvalue weighted by atomic mass is 32.2. The van der Waals surface area contributed by atoms with Gasteiger partial charge in [-0.05, 0) is 35.6 Å². The molecule has 4 nitrogen and oxygen atoms in total. The highest BCUT2D eigenvalue weighted by Crippen LogP contribution is 2.20. The van der Waals surface area contributed by atoms with Gasteiger partial charge in [-0.2, -0.15) is 11.8 Å². The second-order valence-electron chi connectivity index (χ2n) is 4.94. The molecule has 2 aromatic heterocycles. The molecule has 0 aliphatic rings. The maximum Gasteiger partial charge on any atom is 0.140 e. The monoisotopic (exact) mass is 307 g/mol. The summed E-state index contributed by atoms with van der Waals surface area (Å²) in [5.74, 6) is 2.41. The summed E-state index contributed by atoms with van der Waals surface area (Å²) in [4.78, 5) is 4.55. The van der Waals surface area contributed by atoms with Gasteiger partial charge < -0.3 is 14.6 Å². The number of aromatic nitrogens is 2. The van der Waals surface area contributed by atoms with Crippen LogP contribution in [0.1, 0.15) is 18.9 Å². The molecular weight excluding hydrogens is 282 g/mol. The number of nitrogens with one attached hydrogen (secondary N) is 1. The molecule has 2 aromatic rings. The number of nitrogens with zero attached hydrogens (tertiary/aromatic N) is 2. The van der Waals surface area contributed by atoms with Crippen molar-refractivity contribution in [1.29, 1.82) is 0 Å². The molecule has 0 aromatic carbocycles. The SMILES string of the molecule is CCSCCCn1cc(CNCCOC)c2cccnc21. The van der Waals surface area contributed by atoms with Gasteiger partial charge in [0.05, 0.1) is 6.61 Å². The van der Waals surface area contributed by atoms with E-state index in [0.717, 1.165) is 31.9 Å². The fraction of sp³-hybridized carbons (Fsp3) is 0.562. The third kappa shape index (κ3) is 4.73. The molecular formula is C16H25N3OS. The van der Waals surface area contributed by atoms with Crippen LogP contribution in [0.4, 0.5) is 0 Å². The van der Waals surface area contributed by atoms with Crippen molar-refractivity contribution in [2.24, 2.45) is 0 Å². The minimum atomic E-state index is 0.741. The topological polar surface area (TPSA) is 39.1 Å². The van der Waals surface area contributed by atoms with Gasteiger partial charge in [-0.25, -0.2) is 4.98 Å². The van der Waals surface area contributed by atoms with E-state index in [4.69, 9.17) is 4.74 Å². The Hall–Kier alpha value is -1.04. The van der Waals surface area contributed by atoms with Crippen molar-refractivity contribution < 1.29 is 4.74 Å². The zero-order valence-corrected chi connectivity index (χ0v) is 13.8. The summed E-state index contributed by atoms with van der Waals surface area (Å²) in [5, 5.41) is 4.67. The lowest BCUT2D eigenvalue weighted by Crippen LogP contribution is -2.18. The average Bonchev–Trinajstić information content (AvgIpc) is 2.87. The van der Waals surface area contributed by atoms with E-state index in [2.05, 4.69) is 34.1 Å². The van der Waals surface area contributed by atoms with Gasteiger partial charge in [0.25, 0.3) is 0 Å². The highest BCUT2D eigenvalue weighted by molar-refractivity contribution is 7.99. The summed E-state index contributed by atoms with van der Waals surface area (Å²) >= 11 is 2.00. The third-order valence-corrected chi connectivity index (χ3v) is 4.39. The number of hydrogen-bond acceptors (Lipinski definition) is 4. The molecule has 2 rings (SSSR count). The Morgan fingerprint density at radius 3 is 3.14 bits per heavy atom. The van der Waals surface area contributed by atoms with Gasteiger partial charge in [0, 0.05) is 44.5 Å². The summed E-state index contributed by atoms with van der Waals surface area (Å²) in [6.45, 7) is 5.73. The molecule has 0 fully saturated rings. The lowest BCUT2D eigenvalue weighted by atomic mass is 10.2. The molecule has 0 unspecified atom stereocenters. The number of hydrogen-bond donors (Lipinski definition) is 1. The largest absolute Gasteiger partial charge is 0.383 e. The van der Waals surface area contributed by atoms with Crippen molar-refractivity contribution in [2.75, 3.05) is 31.8 Å². The van der Waals surface area contributed by atoms with E-state index in [0.29, 0.717) is 0 Å². The van der Waals surface area contributed by atoms with Crippen molar-refractivity contribution in [1.82, 2.24) is 14.9 Å². The third-order valence-electron chi connectivity index (χ3n) is 3.41. The van der Waals surface area contributed by atoms with E-state index in [1.54, 1.807) is 7.11 Å². The van der Waals surface area contributed by atoms with Gasteiger partial charge in [0.2, 0.25) is 0 Å². The number of fused-ring (bicyclic) bond motifs is 1. The van der Waals surface area contributed by atoms with Crippen LogP contribution in [0.2, 0.25) is 0 Å². The Labute approximate surface area is 131 Å². The van der Waals surface area contributed by atoms with Crippen molar-refractivity contribution in [2.45, 2.75) is 26.4 Å². The van der Waals surface area contributed by atoms with E-state index in [9.17, 15) is 0 Å². The first kappa shape index (κ1) is 16.3. The van der Waals surface area contributed by atoms with E-state index in [1.165, 1.54) is 28.9 Å². The Balaban J connectivity index is 2.03. The maximum atomic E-state index is 5.07. The zero-order valence-electron chi connectivity index (χ0n) is 13.0. The Morgan fingerprint density at radius 2 is 2.33 bits per heavy atom. The highest BCUT2D eigenvalue weighted by Gasteiger charge is 2.08. The maximum absolute atomic E-state index is 5.07. The molecule has 116 valence electrons. The molecule has 0 bridgehead atoms. The van der Waals surface area contributed by atoms with Gasteiger partial charge in [-0.3, -0.25) is 0 Å². The first-order valence-corrected chi connectivity index (χ1v) is 8.72. The molecule has 0 aliphatic heterocycles. The van der Waals surface area contributed by atoms with Gasteiger partial charge >= 0.3 is 0 Å². The molecule has 0 saturated heterocycles. The van der Waals surface area contributed by atoms with Gasteiger partial charge in [0.15, 0.2) is 0 Å². The summed E-state index contributed by atoms with van der Waals surface area (Å²) in [6, 6.07) is 4.17. The Kier molecular flexibility index (Phi) is 7.06. The summed E-state index contributed by atoms with van der Waals surface area (Å²) in [7, 11) is 1.73. The fourth-order valence-electron chi connectivity index (χ4n) is 2.39. The molecule has 0 atom stereocenters. The molecule has 5 heteroatoms. The van der Waals surface area contributed by atoms with Crippen LogP contribution >= 0.6 is 11.8 Å². The van der Waals surface area contributed by atoms with Crippen LogP contribution in [-0.2, 0) is 17.8 Å². The molecule has 0 radical (unpaired) electrons. The number of ether oxygens (including phenoxy) is 1. The van der Waals surface area contributed by atoms with Crippen LogP contribution in [0.25, 0.3) is 11.0 Å². The quantitative estimate of drug-likeness (QED) is 0.685. The molecule has 0 spiro atoms. The van der Waals surface area contributed by atoms with Crippen molar-refractivity contribution in [3.05, 3.63) is 30.1 Å². The van der Waals surface area contributed by atoms with Gasteiger partial charge in [0.1, 0.15) is 5.65 Å². The Morgan fingerprint density at radius 1 is 1.43 bits per heavy atom. The molecule has 0 saturated carbocycles. The zero-order chi connectivity index (χ0) is 14.9. The lowest BCUT2D eigenvalue weighted by molar-refractivity contribution is 0.199. The van der Waals surface area contributed by atoms with E-state index in [1.807, 2.05) is 24.0 Å². The first-order valence-electron chi connectivity index (χ1n) is 7.57. The average molecular weight is 307 g/mol. The number of pyridine rings is 1. The van der Waals surface area contributed by atoms with Gasteiger partial charge in [-0.15, -0.1) is 0 Å². The van der Waals surface area contributed by atoms with Crippen LogP contribution in [0.5, 0.6) is 0 Å². The van der Waals surface area contributed by atoms with Crippen LogP contribution < -0.4 is 5.32 Å². The van der Waals surface area contributed by atoms with E-state index >= 15 is 0 Å². The standard InChI is InChI=1S/C16H25N3OS/c1-3-21-11-5-9-19-13-14(12-17-8-10-20-2)15-6-4-7-18-16(15)19/h4,6-7,13,17H,3,5,8-12H2,1-2H3. The minimum Gasteiger partial charge on any atom is -0.383 e. The second kappa shape index (κ2) is 9.07. The predicted molar refractivity (Wildman–Crippen MR) is 90.9 cm³/mol. The summed E-state index contributed by atoms with van der Waals surface area (Å²) in [5.41, 5.74) is 2.42. The normalized spacial score (nSPS) is 11.3. The second-order valence-corrected chi connectivity index (χ2v) is 6.34. The molecule has 1 N–H and O–H groups in total. The van der Waals surface area contributed by atoms with E-state index in [-0.39, 0.29) is 0 Å². The van der Waals surface area contributed by atoms with Crippen molar-refractivity contribution in [3.8, 4) is 0 Å². The Bertz CT molecular complexity index is 495. The van der Waals surface area contributed by atoms with E-state index < -0.39 is 0 Å². The summed E-state index contributed by atoms with van der Waals surface area (Å²) < 4.78 is 7.36. The number of methoxy groups -OCH3 is 1. The van der Waals surface area contributed by atoms with Gasteiger partial charge in [-0.1, -0.05) is 6.92 Å². The lowest BCUT2D eigenvalue weighted by Gasteiger charge is -2.03. The van der Waals surface area contributed by atoms with Crippen molar-refractivity contribution >= 4 is 22.8 Å².